The zero-order valence-corrected chi connectivity index (χ0v) is 5.62. The molecule has 0 fully saturated rings. The van der Waals surface area contributed by atoms with Gasteiger partial charge in [0.2, 0.25) is 0 Å². The zero-order chi connectivity index (χ0) is 5.70. The molecule has 0 spiro atoms. The molecule has 0 bridgehead atoms. The maximum absolute atomic E-state index is 8.11. The van der Waals surface area contributed by atoms with E-state index in [0.29, 0.717) is 0 Å². The molecular formula is C3H8AsNaO3. The standard InChI is InChI=1S/C3H7AsO3.Na.H/c1-2-3-7-4(5)6;;/h2,5-6H,1,3H2;;. The van der Waals surface area contributed by atoms with Gasteiger partial charge >= 0.3 is 76.4 Å². The monoisotopic (exact) mass is 190 g/mol. The van der Waals surface area contributed by atoms with E-state index in [2.05, 4.69) is 10.3 Å². The van der Waals surface area contributed by atoms with Crippen molar-refractivity contribution >= 4 is 45.2 Å². The zero-order valence-electron chi connectivity index (χ0n) is 3.74. The second-order valence-corrected chi connectivity index (χ2v) is 2.44. The number of rotatable bonds is 3. The molecule has 2 N–H and O–H groups in total. The summed E-state index contributed by atoms with van der Waals surface area (Å²) in [5, 5.41) is 0. The Bertz CT molecular complexity index is 58.5. The second kappa shape index (κ2) is 8.18. The predicted octanol–water partition coefficient (Wildman–Crippen LogP) is -1.49. The van der Waals surface area contributed by atoms with Crippen molar-refractivity contribution < 1.29 is 11.9 Å². The Hall–Kier alpha value is 1.18. The number of hydrogen-bond donors (Lipinski definition) is 2. The van der Waals surface area contributed by atoms with Crippen molar-refractivity contribution in [2.24, 2.45) is 0 Å². The minimum absolute atomic E-state index is 0. The third kappa shape index (κ3) is 10.2. The van der Waals surface area contributed by atoms with Gasteiger partial charge in [0.05, 0.1) is 0 Å². The summed E-state index contributed by atoms with van der Waals surface area (Å²) in [6.07, 6.45) is 1.47. The van der Waals surface area contributed by atoms with Gasteiger partial charge in [0.15, 0.2) is 0 Å². The predicted molar refractivity (Wildman–Crippen MR) is 33.5 cm³/mol. The van der Waals surface area contributed by atoms with E-state index >= 15 is 0 Å². The molecule has 0 aromatic carbocycles. The molecule has 3 nitrogen and oxygen atoms in total. The Morgan fingerprint density at radius 2 is 2.12 bits per heavy atom. The van der Waals surface area contributed by atoms with Crippen LogP contribution >= 0.6 is 0 Å². The SMILES string of the molecule is C=CCO[As](O)O.[NaH]. The molecular weight excluding hydrogens is 182 g/mol. The molecule has 0 aromatic rings. The van der Waals surface area contributed by atoms with Gasteiger partial charge in [-0.3, -0.25) is 0 Å². The summed E-state index contributed by atoms with van der Waals surface area (Å²) < 4.78 is 20.6. The van der Waals surface area contributed by atoms with Crippen molar-refractivity contribution in [2.45, 2.75) is 0 Å². The summed E-state index contributed by atoms with van der Waals surface area (Å²) in [5.41, 5.74) is 0. The molecule has 0 radical (unpaired) electrons. The van der Waals surface area contributed by atoms with Crippen LogP contribution in [0.25, 0.3) is 0 Å². The summed E-state index contributed by atoms with van der Waals surface area (Å²) >= 11 is -2.81. The minimum atomic E-state index is -2.81. The Morgan fingerprint density at radius 3 is 2.25 bits per heavy atom. The topological polar surface area (TPSA) is 49.7 Å². The van der Waals surface area contributed by atoms with Crippen LogP contribution in [0, 0.1) is 0 Å². The fourth-order valence-corrected chi connectivity index (χ4v) is 0.620. The molecule has 0 aliphatic carbocycles. The second-order valence-electron chi connectivity index (χ2n) is 0.837. The molecule has 0 saturated carbocycles. The molecule has 0 amide bonds. The average Bonchev–Trinajstić information content (AvgIpc) is 1.61. The van der Waals surface area contributed by atoms with Gasteiger partial charge in [0, 0.05) is 0 Å². The third-order valence-corrected chi connectivity index (χ3v) is 1.11. The fourth-order valence-electron chi connectivity index (χ4n) is 0.119. The van der Waals surface area contributed by atoms with Crippen LogP contribution in [0.15, 0.2) is 12.7 Å². The molecule has 0 saturated heterocycles. The van der Waals surface area contributed by atoms with E-state index in [1.54, 1.807) is 0 Å². The van der Waals surface area contributed by atoms with Crippen molar-refractivity contribution in [3.8, 4) is 0 Å². The third-order valence-electron chi connectivity index (χ3n) is 0.308. The van der Waals surface area contributed by atoms with Gasteiger partial charge in [0.1, 0.15) is 0 Å². The van der Waals surface area contributed by atoms with Gasteiger partial charge in [-0.2, -0.15) is 0 Å². The number of hydrogen-bond acceptors (Lipinski definition) is 3. The molecule has 0 aliphatic rings. The summed E-state index contributed by atoms with van der Waals surface area (Å²) in [5.74, 6) is 0. The summed E-state index contributed by atoms with van der Waals surface area (Å²) in [6, 6.07) is 0. The van der Waals surface area contributed by atoms with Crippen molar-refractivity contribution in [1.29, 1.82) is 0 Å². The van der Waals surface area contributed by atoms with Crippen LogP contribution in [-0.2, 0) is 3.73 Å². The van der Waals surface area contributed by atoms with E-state index < -0.39 is 15.7 Å². The normalized spacial score (nSPS) is 8.38. The van der Waals surface area contributed by atoms with Gasteiger partial charge < -0.3 is 0 Å². The van der Waals surface area contributed by atoms with Crippen molar-refractivity contribution in [3.63, 3.8) is 0 Å². The van der Waals surface area contributed by atoms with Crippen LogP contribution in [0.2, 0.25) is 0 Å². The molecule has 0 rings (SSSR count). The Labute approximate surface area is 76.0 Å². The molecule has 8 heavy (non-hydrogen) atoms. The van der Waals surface area contributed by atoms with Crippen molar-refractivity contribution in [2.75, 3.05) is 6.61 Å². The summed E-state index contributed by atoms with van der Waals surface area (Å²) in [4.78, 5) is 0. The fraction of sp³-hybridized carbons (Fsp3) is 0.333. The Morgan fingerprint density at radius 1 is 1.62 bits per heavy atom. The van der Waals surface area contributed by atoms with E-state index in [9.17, 15) is 0 Å². The van der Waals surface area contributed by atoms with Crippen LogP contribution < -0.4 is 0 Å². The first-order valence-electron chi connectivity index (χ1n) is 1.69. The molecule has 5 heteroatoms. The molecule has 0 atom stereocenters. The quantitative estimate of drug-likeness (QED) is 0.421. The van der Waals surface area contributed by atoms with Gasteiger partial charge in [-0.05, 0) is 0 Å². The summed E-state index contributed by atoms with van der Waals surface area (Å²) in [6.45, 7) is 3.54. The van der Waals surface area contributed by atoms with Crippen molar-refractivity contribution in [1.82, 2.24) is 0 Å². The van der Waals surface area contributed by atoms with E-state index in [4.69, 9.17) is 8.19 Å². The van der Waals surface area contributed by atoms with E-state index in [1.807, 2.05) is 0 Å². The maximum atomic E-state index is 8.11. The van der Waals surface area contributed by atoms with Gasteiger partial charge in [-0.25, -0.2) is 0 Å². The van der Waals surface area contributed by atoms with E-state index in [0.717, 1.165) is 0 Å². The van der Waals surface area contributed by atoms with Gasteiger partial charge in [-0.1, -0.05) is 0 Å². The van der Waals surface area contributed by atoms with Crippen LogP contribution in [0.1, 0.15) is 0 Å². The van der Waals surface area contributed by atoms with Gasteiger partial charge in [-0.15, -0.1) is 0 Å². The Balaban J connectivity index is 0. The first kappa shape index (κ1) is 11.9. The van der Waals surface area contributed by atoms with Crippen LogP contribution in [-0.4, -0.2) is 60.0 Å². The molecule has 0 heterocycles. The Kier molecular flexibility index (Phi) is 12.2. The van der Waals surface area contributed by atoms with Gasteiger partial charge in [0.25, 0.3) is 0 Å². The molecule has 0 aromatic heterocycles. The van der Waals surface area contributed by atoms with Crippen LogP contribution in [0.3, 0.4) is 0 Å². The first-order chi connectivity index (χ1) is 3.27. The van der Waals surface area contributed by atoms with Crippen LogP contribution in [0.5, 0.6) is 0 Å². The molecule has 0 unspecified atom stereocenters. The molecule has 0 aliphatic heterocycles. The molecule has 44 valence electrons. The van der Waals surface area contributed by atoms with Crippen LogP contribution in [0.4, 0.5) is 0 Å². The van der Waals surface area contributed by atoms with E-state index in [1.165, 1.54) is 6.08 Å². The summed E-state index contributed by atoms with van der Waals surface area (Å²) in [7, 11) is 0. The van der Waals surface area contributed by atoms with E-state index in [-0.39, 0.29) is 36.2 Å². The van der Waals surface area contributed by atoms with Crippen molar-refractivity contribution in [3.05, 3.63) is 12.7 Å². The first-order valence-corrected chi connectivity index (χ1v) is 4.13. The average molecular weight is 190 g/mol.